The van der Waals surface area contributed by atoms with Crippen LogP contribution in [0, 0.1) is 0 Å². The van der Waals surface area contributed by atoms with Crippen molar-refractivity contribution in [2.75, 3.05) is 13.2 Å². The number of para-hydroxylation sites is 1. The maximum absolute atomic E-state index is 12.2. The summed E-state index contributed by atoms with van der Waals surface area (Å²) in [7, 11) is 0. The molecule has 2 aromatic carbocycles. The normalized spacial score (nSPS) is 10.9. The van der Waals surface area contributed by atoms with Crippen LogP contribution in [0.25, 0.3) is 6.08 Å². The predicted molar refractivity (Wildman–Crippen MR) is 99.5 cm³/mol. The maximum Gasteiger partial charge on any atom is 0.271 e. The number of hydroxylamine groups is 1. The van der Waals surface area contributed by atoms with Crippen LogP contribution in [0.5, 0.6) is 5.75 Å². The van der Waals surface area contributed by atoms with Gasteiger partial charge in [0.05, 0.1) is 12.8 Å². The Labute approximate surface area is 155 Å². The second-order valence-corrected chi connectivity index (χ2v) is 5.24. The molecule has 0 aliphatic heterocycles. The Kier molecular flexibility index (Phi) is 7.70. The highest BCUT2D eigenvalue weighted by molar-refractivity contribution is 5.96. The molecule has 0 heterocycles. The number of ether oxygens (including phenoxy) is 1. The molecule has 140 valence electrons. The number of aliphatic hydroxyl groups excluding tert-OH is 1. The van der Waals surface area contributed by atoms with Crippen molar-refractivity contribution in [2.45, 2.75) is 0 Å². The summed E-state index contributed by atoms with van der Waals surface area (Å²) in [5, 5.41) is 21.2. The third-order valence-electron chi connectivity index (χ3n) is 3.32. The number of benzene rings is 2. The molecule has 0 aromatic heterocycles. The number of aliphatic hydroxyl groups is 1. The van der Waals surface area contributed by atoms with Crippen molar-refractivity contribution in [1.82, 2.24) is 10.9 Å². The molecule has 0 radical (unpaired) electrons. The van der Waals surface area contributed by atoms with Crippen molar-refractivity contribution in [3.63, 3.8) is 0 Å². The lowest BCUT2D eigenvalue weighted by Crippen LogP contribution is -2.17. The van der Waals surface area contributed by atoms with E-state index in [1.54, 1.807) is 48.5 Å². The number of hydrogen-bond acceptors (Lipinski definition) is 6. The highest BCUT2D eigenvalue weighted by Gasteiger charge is 2.05. The summed E-state index contributed by atoms with van der Waals surface area (Å²) in [4.78, 5) is 23.2. The number of hydrogen-bond donors (Lipinski definition) is 4. The van der Waals surface area contributed by atoms with Gasteiger partial charge in [0, 0.05) is 17.2 Å². The van der Waals surface area contributed by atoms with E-state index in [-0.39, 0.29) is 13.2 Å². The van der Waals surface area contributed by atoms with Crippen molar-refractivity contribution in [2.24, 2.45) is 5.10 Å². The van der Waals surface area contributed by atoms with E-state index in [0.717, 1.165) is 6.08 Å². The minimum atomic E-state index is -0.670. The van der Waals surface area contributed by atoms with Gasteiger partial charge in [-0.15, -0.1) is 0 Å². The molecule has 2 aromatic rings. The quantitative estimate of drug-likeness (QED) is 0.242. The lowest BCUT2D eigenvalue weighted by Gasteiger charge is -2.07. The molecule has 2 amide bonds. The zero-order valence-corrected chi connectivity index (χ0v) is 14.3. The Morgan fingerprint density at radius 1 is 1.15 bits per heavy atom. The zero-order chi connectivity index (χ0) is 19.5. The molecule has 0 aliphatic rings. The molecule has 0 spiro atoms. The molecule has 2 rings (SSSR count). The van der Waals surface area contributed by atoms with Gasteiger partial charge in [-0.3, -0.25) is 14.8 Å². The lowest BCUT2D eigenvalue weighted by atomic mass is 10.1. The number of carbonyl (C=O) groups excluding carboxylic acids is 2. The first-order valence-electron chi connectivity index (χ1n) is 8.02. The van der Waals surface area contributed by atoms with Crippen LogP contribution in [0.15, 0.2) is 59.7 Å². The van der Waals surface area contributed by atoms with Crippen molar-refractivity contribution in [1.29, 1.82) is 0 Å². The summed E-state index contributed by atoms with van der Waals surface area (Å²) in [5.74, 6) is -0.558. The minimum absolute atomic E-state index is 0.104. The summed E-state index contributed by atoms with van der Waals surface area (Å²) < 4.78 is 5.39. The number of nitrogens with zero attached hydrogens (tertiary/aromatic N) is 1. The van der Waals surface area contributed by atoms with E-state index in [1.807, 2.05) is 0 Å². The van der Waals surface area contributed by atoms with Gasteiger partial charge in [-0.1, -0.05) is 24.3 Å². The highest BCUT2D eigenvalue weighted by Crippen LogP contribution is 2.15. The van der Waals surface area contributed by atoms with Crippen LogP contribution >= 0.6 is 0 Å². The van der Waals surface area contributed by atoms with E-state index in [1.165, 1.54) is 17.8 Å². The molecule has 0 unspecified atom stereocenters. The standard InChI is InChI=1S/C19H19N3O5/c23-10-11-27-17-7-2-1-5-16(17)13-20-21-19(25)15-6-3-4-14(12-15)8-9-18(24)22-26/h1-9,12-13,23,26H,10-11H2,(H,21,25)(H,22,24). The maximum atomic E-state index is 12.2. The third kappa shape index (κ3) is 6.38. The molecular formula is C19H19N3O5. The first-order chi connectivity index (χ1) is 13.1. The number of amides is 2. The van der Waals surface area contributed by atoms with Crippen molar-refractivity contribution >= 4 is 24.1 Å². The number of rotatable bonds is 8. The Balaban J connectivity index is 2.03. The zero-order valence-electron chi connectivity index (χ0n) is 14.3. The molecule has 0 saturated carbocycles. The van der Waals surface area contributed by atoms with Gasteiger partial charge >= 0.3 is 0 Å². The number of hydrazone groups is 1. The SMILES string of the molecule is O=C(C=Cc1cccc(C(=O)NN=Cc2ccccc2OCCO)c1)NO. The summed E-state index contributed by atoms with van der Waals surface area (Å²) in [6.07, 6.45) is 4.04. The Morgan fingerprint density at radius 3 is 2.74 bits per heavy atom. The summed E-state index contributed by atoms with van der Waals surface area (Å²) in [6.45, 7) is 0.0544. The predicted octanol–water partition coefficient (Wildman–Crippen LogP) is 1.34. The highest BCUT2D eigenvalue weighted by atomic mass is 16.5. The van der Waals surface area contributed by atoms with Crippen LogP contribution in [0.4, 0.5) is 0 Å². The van der Waals surface area contributed by atoms with Gasteiger partial charge in [-0.25, -0.2) is 10.9 Å². The molecule has 0 aliphatic carbocycles. The molecule has 0 fully saturated rings. The minimum Gasteiger partial charge on any atom is -0.491 e. The first-order valence-corrected chi connectivity index (χ1v) is 8.02. The van der Waals surface area contributed by atoms with Crippen molar-refractivity contribution in [3.8, 4) is 5.75 Å². The number of nitrogens with one attached hydrogen (secondary N) is 2. The third-order valence-corrected chi connectivity index (χ3v) is 3.32. The van der Waals surface area contributed by atoms with Crippen LogP contribution in [-0.4, -0.2) is 41.6 Å². The van der Waals surface area contributed by atoms with Crippen molar-refractivity contribution < 1.29 is 24.6 Å². The van der Waals surface area contributed by atoms with E-state index < -0.39 is 11.8 Å². The fraction of sp³-hybridized carbons (Fsp3) is 0.105. The van der Waals surface area contributed by atoms with E-state index in [9.17, 15) is 9.59 Å². The average Bonchev–Trinajstić information content (AvgIpc) is 2.71. The topological polar surface area (TPSA) is 120 Å². The smallest absolute Gasteiger partial charge is 0.271 e. The van der Waals surface area contributed by atoms with E-state index >= 15 is 0 Å². The summed E-state index contributed by atoms with van der Waals surface area (Å²) >= 11 is 0. The molecule has 0 bridgehead atoms. The second kappa shape index (κ2) is 10.5. The van der Waals surface area contributed by atoms with Crippen LogP contribution in [-0.2, 0) is 4.79 Å². The summed E-state index contributed by atoms with van der Waals surface area (Å²) in [6, 6.07) is 13.6. The second-order valence-electron chi connectivity index (χ2n) is 5.24. The fourth-order valence-corrected chi connectivity index (χ4v) is 2.09. The average molecular weight is 369 g/mol. The monoisotopic (exact) mass is 369 g/mol. The molecule has 0 atom stereocenters. The van der Waals surface area contributed by atoms with Gasteiger partial charge in [-0.05, 0) is 35.9 Å². The van der Waals surface area contributed by atoms with E-state index in [2.05, 4.69) is 10.5 Å². The van der Waals surface area contributed by atoms with Crippen molar-refractivity contribution in [3.05, 3.63) is 71.3 Å². The Bertz CT molecular complexity index is 849. The lowest BCUT2D eigenvalue weighted by molar-refractivity contribution is -0.124. The largest absolute Gasteiger partial charge is 0.491 e. The van der Waals surface area contributed by atoms with Gasteiger partial charge in [0.1, 0.15) is 12.4 Å². The Morgan fingerprint density at radius 2 is 1.96 bits per heavy atom. The fourth-order valence-electron chi connectivity index (χ4n) is 2.09. The van der Waals surface area contributed by atoms with Crippen LogP contribution in [0.1, 0.15) is 21.5 Å². The van der Waals surface area contributed by atoms with E-state index in [0.29, 0.717) is 22.4 Å². The number of carbonyl (C=O) groups is 2. The van der Waals surface area contributed by atoms with E-state index in [4.69, 9.17) is 15.1 Å². The van der Waals surface area contributed by atoms with Gasteiger partial charge in [0.25, 0.3) is 11.8 Å². The van der Waals surface area contributed by atoms with Crippen LogP contribution in [0.3, 0.4) is 0 Å². The van der Waals surface area contributed by atoms with Gasteiger partial charge < -0.3 is 9.84 Å². The van der Waals surface area contributed by atoms with Crippen LogP contribution in [0.2, 0.25) is 0 Å². The molecular weight excluding hydrogens is 350 g/mol. The summed E-state index contributed by atoms with van der Waals surface area (Å²) in [5.41, 5.74) is 5.51. The van der Waals surface area contributed by atoms with Gasteiger partial charge in [-0.2, -0.15) is 5.10 Å². The molecule has 4 N–H and O–H groups in total. The molecule has 8 heteroatoms. The molecule has 8 nitrogen and oxygen atoms in total. The van der Waals surface area contributed by atoms with Gasteiger partial charge in [0.2, 0.25) is 0 Å². The first kappa shape index (κ1) is 19.8. The Hall–Kier alpha value is -3.49. The molecule has 27 heavy (non-hydrogen) atoms. The molecule has 0 saturated heterocycles. The van der Waals surface area contributed by atoms with Crippen LogP contribution < -0.4 is 15.6 Å². The van der Waals surface area contributed by atoms with Gasteiger partial charge in [0.15, 0.2) is 0 Å².